The second kappa shape index (κ2) is 8.13. The minimum atomic E-state index is -3.43. The molecule has 0 aliphatic heterocycles. The zero-order valence-electron chi connectivity index (χ0n) is 14.3. The van der Waals surface area contributed by atoms with Crippen molar-refractivity contribution >= 4 is 16.1 Å². The van der Waals surface area contributed by atoms with Gasteiger partial charge in [-0.2, -0.15) is 0 Å². The minimum Gasteiger partial charge on any atom is -0.497 e. The van der Waals surface area contributed by atoms with Crippen molar-refractivity contribution in [1.29, 1.82) is 0 Å². The molecule has 0 radical (unpaired) electrons. The summed E-state index contributed by atoms with van der Waals surface area (Å²) in [6.45, 7) is 2.37. The molecular weight excluding hydrogens is 322 g/mol. The zero-order chi connectivity index (χ0) is 17.6. The molecule has 0 heterocycles. The number of rotatable bonds is 7. The lowest BCUT2D eigenvalue weighted by Gasteiger charge is -2.16. The lowest BCUT2D eigenvalue weighted by atomic mass is 10.2. The fraction of sp³-hybridized carbons (Fsp3) is 0.263. The summed E-state index contributed by atoms with van der Waals surface area (Å²) in [4.78, 5) is 0.328. The van der Waals surface area contributed by atoms with Crippen molar-refractivity contribution in [2.75, 3.05) is 20.7 Å². The molecule has 0 unspecified atom stereocenters. The molecule has 0 atom stereocenters. The third-order valence-electron chi connectivity index (χ3n) is 3.77. The first-order valence-electron chi connectivity index (χ1n) is 7.77. The first-order chi connectivity index (χ1) is 11.4. The Bertz CT molecular complexity index is 778. The van der Waals surface area contributed by atoms with Gasteiger partial charge in [0, 0.05) is 13.6 Å². The topological polar surface area (TPSA) is 46.6 Å². The summed E-state index contributed by atoms with van der Waals surface area (Å²) in [5.74, 6) is 0.816. The van der Waals surface area contributed by atoms with Crippen molar-refractivity contribution in [2.45, 2.75) is 18.2 Å². The molecule has 5 heteroatoms. The van der Waals surface area contributed by atoms with Crippen LogP contribution in [0.4, 0.5) is 0 Å². The summed E-state index contributed by atoms with van der Waals surface area (Å²) in [7, 11) is -0.185. The number of nitrogens with zero attached hydrogens (tertiary/aromatic N) is 1. The Labute approximate surface area is 144 Å². The number of benzene rings is 2. The molecule has 0 bridgehead atoms. The lowest BCUT2D eigenvalue weighted by Crippen LogP contribution is -2.27. The Morgan fingerprint density at radius 3 is 2.25 bits per heavy atom. The fourth-order valence-electron chi connectivity index (χ4n) is 2.20. The van der Waals surface area contributed by atoms with Gasteiger partial charge in [-0.25, -0.2) is 12.7 Å². The van der Waals surface area contributed by atoms with Gasteiger partial charge in [0.15, 0.2) is 0 Å². The Hall–Kier alpha value is -2.11. The normalized spacial score (nSPS) is 12.0. The number of ether oxygens (including phenoxy) is 1. The molecule has 0 aromatic heterocycles. The van der Waals surface area contributed by atoms with Gasteiger partial charge in [-0.1, -0.05) is 42.0 Å². The first-order valence-corrected chi connectivity index (χ1v) is 9.21. The molecule has 2 aromatic carbocycles. The highest BCUT2D eigenvalue weighted by Crippen LogP contribution is 2.16. The molecular formula is C19H23NO3S. The van der Waals surface area contributed by atoms with Gasteiger partial charge in [0.1, 0.15) is 5.75 Å². The Morgan fingerprint density at radius 1 is 1.04 bits per heavy atom. The van der Waals surface area contributed by atoms with Crippen molar-refractivity contribution in [2.24, 2.45) is 0 Å². The van der Waals surface area contributed by atoms with Crippen molar-refractivity contribution < 1.29 is 13.2 Å². The average molecular weight is 345 g/mol. The zero-order valence-corrected chi connectivity index (χ0v) is 15.1. The van der Waals surface area contributed by atoms with E-state index in [1.165, 1.54) is 4.31 Å². The molecule has 0 N–H and O–H groups in total. The Kier molecular flexibility index (Phi) is 6.17. The maximum Gasteiger partial charge on any atom is 0.242 e. The van der Waals surface area contributed by atoms with Crippen LogP contribution < -0.4 is 4.74 Å². The van der Waals surface area contributed by atoms with Gasteiger partial charge in [0.05, 0.1) is 12.0 Å². The summed E-state index contributed by atoms with van der Waals surface area (Å²) in [5.41, 5.74) is 2.10. The second-order valence-corrected chi connectivity index (χ2v) is 7.65. The SMILES string of the molecule is COc1ccc(/C=C/CCN(C)S(=O)(=O)c2ccc(C)cc2)cc1. The molecule has 4 nitrogen and oxygen atoms in total. The predicted molar refractivity (Wildman–Crippen MR) is 97.6 cm³/mol. The summed E-state index contributed by atoms with van der Waals surface area (Å²) < 4.78 is 31.4. The summed E-state index contributed by atoms with van der Waals surface area (Å²) in [5, 5.41) is 0. The summed E-state index contributed by atoms with van der Waals surface area (Å²) >= 11 is 0. The van der Waals surface area contributed by atoms with Crippen LogP contribution in [-0.2, 0) is 10.0 Å². The standard InChI is InChI=1S/C19H23NO3S/c1-16-7-13-19(14-8-16)24(21,22)20(2)15-5-4-6-17-9-11-18(23-3)12-10-17/h4,6-14H,5,15H2,1-3H3/b6-4+. The molecule has 0 aliphatic rings. The van der Waals surface area contributed by atoms with Crippen LogP contribution in [0.5, 0.6) is 5.75 Å². The van der Waals surface area contributed by atoms with Gasteiger partial charge in [-0.3, -0.25) is 0 Å². The highest BCUT2D eigenvalue weighted by Gasteiger charge is 2.19. The Balaban J connectivity index is 1.93. The molecule has 24 heavy (non-hydrogen) atoms. The van der Waals surface area contributed by atoms with E-state index in [1.54, 1.807) is 26.3 Å². The molecule has 0 saturated carbocycles. The van der Waals surface area contributed by atoms with Crippen molar-refractivity contribution in [3.63, 3.8) is 0 Å². The smallest absolute Gasteiger partial charge is 0.242 e. The van der Waals surface area contributed by atoms with E-state index in [1.807, 2.05) is 55.5 Å². The van der Waals surface area contributed by atoms with Crippen LogP contribution in [0.3, 0.4) is 0 Å². The van der Waals surface area contributed by atoms with Gasteiger partial charge < -0.3 is 4.74 Å². The lowest BCUT2D eigenvalue weighted by molar-refractivity contribution is 0.415. The third kappa shape index (κ3) is 4.69. The van der Waals surface area contributed by atoms with Gasteiger partial charge >= 0.3 is 0 Å². The number of sulfonamides is 1. The van der Waals surface area contributed by atoms with Crippen molar-refractivity contribution in [3.8, 4) is 5.75 Å². The quantitative estimate of drug-likeness (QED) is 0.768. The Morgan fingerprint density at radius 2 is 1.67 bits per heavy atom. The highest BCUT2D eigenvalue weighted by atomic mass is 32.2. The van der Waals surface area contributed by atoms with Crippen LogP contribution in [0.2, 0.25) is 0 Å². The summed E-state index contributed by atoms with van der Waals surface area (Å²) in [6, 6.07) is 14.6. The average Bonchev–Trinajstić information content (AvgIpc) is 2.59. The van der Waals surface area contributed by atoms with Crippen LogP contribution in [0, 0.1) is 6.92 Å². The molecule has 0 aliphatic carbocycles. The molecule has 0 amide bonds. The second-order valence-electron chi connectivity index (χ2n) is 5.60. The number of methoxy groups -OCH3 is 1. The van der Waals surface area contributed by atoms with E-state index >= 15 is 0 Å². The molecule has 0 spiro atoms. The molecule has 0 fully saturated rings. The van der Waals surface area contributed by atoms with Crippen LogP contribution >= 0.6 is 0 Å². The van der Waals surface area contributed by atoms with Crippen molar-refractivity contribution in [3.05, 3.63) is 65.7 Å². The molecule has 2 aromatic rings. The maximum atomic E-state index is 12.5. The van der Waals surface area contributed by atoms with Crippen LogP contribution in [0.25, 0.3) is 6.08 Å². The molecule has 0 saturated heterocycles. The van der Waals surface area contributed by atoms with Crippen LogP contribution in [0.1, 0.15) is 17.5 Å². The summed E-state index contributed by atoms with van der Waals surface area (Å²) in [6.07, 6.45) is 4.60. The fourth-order valence-corrected chi connectivity index (χ4v) is 3.39. The van der Waals surface area contributed by atoms with Gasteiger partial charge in [-0.05, 0) is 43.2 Å². The first kappa shape index (κ1) is 18.2. The van der Waals surface area contributed by atoms with Crippen LogP contribution in [0.15, 0.2) is 59.5 Å². The van der Waals surface area contributed by atoms with Gasteiger partial charge in [0.2, 0.25) is 10.0 Å². The van der Waals surface area contributed by atoms with E-state index in [0.717, 1.165) is 16.9 Å². The largest absolute Gasteiger partial charge is 0.497 e. The van der Waals surface area contributed by atoms with Crippen LogP contribution in [-0.4, -0.2) is 33.4 Å². The predicted octanol–water partition coefficient (Wildman–Crippen LogP) is 3.73. The maximum absolute atomic E-state index is 12.5. The number of hydrogen-bond acceptors (Lipinski definition) is 3. The van der Waals surface area contributed by atoms with Crippen molar-refractivity contribution in [1.82, 2.24) is 4.31 Å². The monoisotopic (exact) mass is 345 g/mol. The van der Waals surface area contributed by atoms with E-state index in [9.17, 15) is 8.42 Å². The molecule has 128 valence electrons. The van der Waals surface area contributed by atoms with E-state index in [4.69, 9.17) is 4.74 Å². The van der Waals surface area contributed by atoms with Gasteiger partial charge in [0.25, 0.3) is 0 Å². The van der Waals surface area contributed by atoms with E-state index in [-0.39, 0.29) is 0 Å². The number of aryl methyl sites for hydroxylation is 1. The minimum absolute atomic E-state index is 0.328. The molecule has 2 rings (SSSR count). The van der Waals surface area contributed by atoms with E-state index in [2.05, 4.69) is 0 Å². The van der Waals surface area contributed by atoms with Gasteiger partial charge in [-0.15, -0.1) is 0 Å². The third-order valence-corrected chi connectivity index (χ3v) is 5.64. The highest BCUT2D eigenvalue weighted by molar-refractivity contribution is 7.89. The number of hydrogen-bond donors (Lipinski definition) is 0. The van der Waals surface area contributed by atoms with E-state index in [0.29, 0.717) is 17.9 Å². The van der Waals surface area contributed by atoms with E-state index < -0.39 is 10.0 Å².